The van der Waals surface area contributed by atoms with Crippen LogP contribution in [0.3, 0.4) is 0 Å². The number of carbonyl (C=O) groups is 2. The highest BCUT2D eigenvalue weighted by Crippen LogP contribution is 2.15. The van der Waals surface area contributed by atoms with Gasteiger partial charge in [0.05, 0.1) is 25.2 Å². The molecule has 0 aromatic heterocycles. The first-order valence-corrected chi connectivity index (χ1v) is 25.4. The Kier molecular flexibility index (Phi) is 46.9. The highest BCUT2D eigenvalue weighted by atomic mass is 16.5. The van der Waals surface area contributed by atoms with Gasteiger partial charge in [0, 0.05) is 6.42 Å². The molecule has 3 N–H and O–H groups in total. The molecule has 0 aromatic carbocycles. The van der Waals surface area contributed by atoms with Crippen LogP contribution < -0.4 is 5.32 Å². The van der Waals surface area contributed by atoms with Crippen LogP contribution in [-0.4, -0.2) is 46.9 Å². The van der Waals surface area contributed by atoms with Gasteiger partial charge in [0.2, 0.25) is 5.91 Å². The molecular formula is C58H93NO5. The number of ether oxygens (including phenoxy) is 1. The second kappa shape index (κ2) is 50.0. The first kappa shape index (κ1) is 60.0. The van der Waals surface area contributed by atoms with E-state index in [1.54, 1.807) is 6.08 Å². The summed E-state index contributed by atoms with van der Waals surface area (Å²) in [7, 11) is 0. The van der Waals surface area contributed by atoms with Crippen molar-refractivity contribution in [1.29, 1.82) is 0 Å². The molecule has 6 heteroatoms. The van der Waals surface area contributed by atoms with Crippen LogP contribution >= 0.6 is 0 Å². The van der Waals surface area contributed by atoms with E-state index in [0.717, 1.165) is 83.5 Å². The molecule has 6 nitrogen and oxygen atoms in total. The molecule has 3 unspecified atom stereocenters. The molecule has 0 aliphatic rings. The molecule has 0 heterocycles. The standard InChI is InChI=1S/C58H93NO5/c1-4-7-10-13-16-19-22-25-27-28-29-30-31-33-36-39-42-45-48-51-58(63)64-54(49-46-43-40-37-34-32-26-23-20-17-14-11-8-5-2)52-57(62)59-55(53-60)56(61)50-47-44-41-38-35-24-21-18-15-12-9-6-3/h7-8,10-11,16-17,19-20,25-27,29-30,32-33,36-37,40,42,45-46,49,54-56,60-61H,4-6,9,12-15,18,21-24,28,31,34-35,38-39,41,43-44,47-48,50-53H2,1-3H3,(H,59,62)/b10-7-,11-8+,19-16-,20-17+,27-25-,30-29-,32-26+,36-33-,40-37+,45-42-,49-46+. The van der Waals surface area contributed by atoms with Crippen molar-refractivity contribution in [2.45, 2.75) is 212 Å². The molecule has 0 aromatic rings. The normalized spacial score (nSPS) is 14.4. The number of aliphatic hydroxyl groups excluding tert-OH is 2. The van der Waals surface area contributed by atoms with E-state index in [1.165, 1.54) is 57.8 Å². The quantitative estimate of drug-likeness (QED) is 0.0322. The summed E-state index contributed by atoms with van der Waals surface area (Å²) in [5, 5.41) is 23.7. The van der Waals surface area contributed by atoms with Crippen LogP contribution in [0.25, 0.3) is 0 Å². The third kappa shape index (κ3) is 44.6. The van der Waals surface area contributed by atoms with Gasteiger partial charge in [-0.1, -0.05) is 225 Å². The largest absolute Gasteiger partial charge is 0.458 e. The first-order chi connectivity index (χ1) is 31.5. The van der Waals surface area contributed by atoms with E-state index >= 15 is 0 Å². The number of allylic oxidation sites excluding steroid dienone is 21. The lowest BCUT2D eigenvalue weighted by Gasteiger charge is -2.23. The number of amides is 1. The molecule has 0 aliphatic carbocycles. The van der Waals surface area contributed by atoms with Gasteiger partial charge in [-0.2, -0.15) is 0 Å². The van der Waals surface area contributed by atoms with E-state index in [2.05, 4.69) is 142 Å². The fourth-order valence-electron chi connectivity index (χ4n) is 6.71. The maximum atomic E-state index is 13.2. The Balaban J connectivity index is 4.87. The summed E-state index contributed by atoms with van der Waals surface area (Å²) in [5.74, 6) is -0.743. The van der Waals surface area contributed by atoms with E-state index in [-0.39, 0.29) is 31.3 Å². The highest BCUT2D eigenvalue weighted by Gasteiger charge is 2.23. The Bertz CT molecular complexity index is 1410. The molecule has 0 rings (SSSR count). The number of hydrogen-bond donors (Lipinski definition) is 3. The second-order valence-electron chi connectivity index (χ2n) is 16.5. The summed E-state index contributed by atoms with van der Waals surface area (Å²) in [6.45, 7) is 6.18. The summed E-state index contributed by atoms with van der Waals surface area (Å²) in [6.07, 6.45) is 71.2. The van der Waals surface area contributed by atoms with Gasteiger partial charge in [0.15, 0.2) is 0 Å². The van der Waals surface area contributed by atoms with Crippen LogP contribution in [0.4, 0.5) is 0 Å². The summed E-state index contributed by atoms with van der Waals surface area (Å²) < 4.78 is 5.77. The van der Waals surface area contributed by atoms with Crippen molar-refractivity contribution in [1.82, 2.24) is 5.32 Å². The summed E-state index contributed by atoms with van der Waals surface area (Å²) in [4.78, 5) is 26.0. The molecule has 0 bridgehead atoms. The van der Waals surface area contributed by atoms with Crippen LogP contribution in [0.2, 0.25) is 0 Å². The molecule has 0 radical (unpaired) electrons. The maximum absolute atomic E-state index is 13.2. The Labute approximate surface area is 393 Å². The third-order valence-electron chi connectivity index (χ3n) is 10.5. The topological polar surface area (TPSA) is 95.9 Å². The number of unbranched alkanes of at least 4 members (excludes halogenated alkanes) is 11. The average Bonchev–Trinajstić information content (AvgIpc) is 3.29. The van der Waals surface area contributed by atoms with Gasteiger partial charge in [-0.3, -0.25) is 9.59 Å². The van der Waals surface area contributed by atoms with Crippen LogP contribution in [0.5, 0.6) is 0 Å². The molecule has 0 spiro atoms. The third-order valence-corrected chi connectivity index (χ3v) is 10.5. The Morgan fingerprint density at radius 3 is 1.23 bits per heavy atom. The minimum atomic E-state index is -0.840. The number of hydrogen-bond acceptors (Lipinski definition) is 5. The van der Waals surface area contributed by atoms with Gasteiger partial charge in [0.25, 0.3) is 0 Å². The van der Waals surface area contributed by atoms with Crippen LogP contribution in [0.15, 0.2) is 134 Å². The van der Waals surface area contributed by atoms with Crippen molar-refractivity contribution in [3.8, 4) is 0 Å². The van der Waals surface area contributed by atoms with Crippen molar-refractivity contribution in [2.75, 3.05) is 6.61 Å². The number of aliphatic hydroxyl groups is 2. The Hall–Kier alpha value is -4.00. The lowest BCUT2D eigenvalue weighted by Crippen LogP contribution is -2.46. The maximum Gasteiger partial charge on any atom is 0.306 e. The lowest BCUT2D eigenvalue weighted by atomic mass is 10.0. The smallest absolute Gasteiger partial charge is 0.306 e. The molecule has 0 aliphatic heterocycles. The van der Waals surface area contributed by atoms with Gasteiger partial charge in [-0.15, -0.1) is 0 Å². The molecule has 0 saturated carbocycles. The lowest BCUT2D eigenvalue weighted by molar-refractivity contribution is -0.148. The minimum Gasteiger partial charge on any atom is -0.458 e. The van der Waals surface area contributed by atoms with Crippen LogP contribution in [-0.2, 0) is 14.3 Å². The van der Waals surface area contributed by atoms with Crippen molar-refractivity contribution in [3.05, 3.63) is 134 Å². The number of esters is 1. The molecular weight excluding hydrogens is 791 g/mol. The number of rotatable bonds is 43. The zero-order valence-corrected chi connectivity index (χ0v) is 40.9. The predicted octanol–water partition coefficient (Wildman–Crippen LogP) is 15.4. The van der Waals surface area contributed by atoms with Gasteiger partial charge >= 0.3 is 5.97 Å². The van der Waals surface area contributed by atoms with Crippen molar-refractivity contribution < 1.29 is 24.5 Å². The molecule has 0 saturated heterocycles. The van der Waals surface area contributed by atoms with Gasteiger partial charge in [0.1, 0.15) is 6.10 Å². The van der Waals surface area contributed by atoms with Crippen LogP contribution in [0, 0.1) is 0 Å². The van der Waals surface area contributed by atoms with E-state index in [4.69, 9.17) is 4.74 Å². The molecule has 3 atom stereocenters. The fourth-order valence-corrected chi connectivity index (χ4v) is 6.71. The van der Waals surface area contributed by atoms with Gasteiger partial charge < -0.3 is 20.3 Å². The molecule has 64 heavy (non-hydrogen) atoms. The zero-order chi connectivity index (χ0) is 46.7. The Morgan fingerprint density at radius 2 is 0.844 bits per heavy atom. The number of carbonyl (C=O) groups excluding carboxylic acids is 2. The van der Waals surface area contributed by atoms with Gasteiger partial charge in [-0.25, -0.2) is 0 Å². The number of nitrogens with one attached hydrogen (secondary N) is 1. The van der Waals surface area contributed by atoms with Crippen LogP contribution in [0.1, 0.15) is 194 Å². The molecule has 0 fully saturated rings. The average molecular weight is 884 g/mol. The zero-order valence-electron chi connectivity index (χ0n) is 40.9. The second-order valence-corrected chi connectivity index (χ2v) is 16.5. The van der Waals surface area contributed by atoms with Gasteiger partial charge in [-0.05, 0) is 89.5 Å². The van der Waals surface area contributed by atoms with Crippen molar-refractivity contribution in [3.63, 3.8) is 0 Å². The van der Waals surface area contributed by atoms with Crippen molar-refractivity contribution in [2.24, 2.45) is 0 Å². The molecule has 360 valence electrons. The minimum absolute atomic E-state index is 0.0851. The van der Waals surface area contributed by atoms with E-state index in [0.29, 0.717) is 19.3 Å². The van der Waals surface area contributed by atoms with E-state index < -0.39 is 18.2 Å². The predicted molar refractivity (Wildman–Crippen MR) is 277 cm³/mol. The van der Waals surface area contributed by atoms with Crippen molar-refractivity contribution >= 4 is 11.9 Å². The van der Waals surface area contributed by atoms with E-state index in [9.17, 15) is 19.8 Å². The summed E-state index contributed by atoms with van der Waals surface area (Å²) in [6, 6.07) is -0.766. The monoisotopic (exact) mass is 884 g/mol. The fraction of sp³-hybridized carbons (Fsp3) is 0.586. The summed E-state index contributed by atoms with van der Waals surface area (Å²) >= 11 is 0. The molecule has 1 amide bonds. The SMILES string of the molecule is CC/C=C\C/C=C\C/C=C\C/C=C\C/C=C\C/C=C\CCC(=O)OC(/C=C/C/C=C/C/C=C/C/C=C/C/C=C/CC)CC(=O)NC(CO)C(O)CCCCCCCCCCCCCC. The van der Waals surface area contributed by atoms with E-state index in [1.807, 2.05) is 12.2 Å². The highest BCUT2D eigenvalue weighted by molar-refractivity contribution is 5.78. The Morgan fingerprint density at radius 1 is 0.484 bits per heavy atom. The first-order valence-electron chi connectivity index (χ1n) is 25.4. The summed E-state index contributed by atoms with van der Waals surface area (Å²) in [5.41, 5.74) is 0.